The van der Waals surface area contributed by atoms with E-state index < -0.39 is 11.7 Å². The summed E-state index contributed by atoms with van der Waals surface area (Å²) in [6.45, 7) is 0. The first-order valence-electron chi connectivity index (χ1n) is 5.80. The molecule has 0 aliphatic heterocycles. The lowest BCUT2D eigenvalue weighted by molar-refractivity contribution is -0.136. The fourth-order valence-electron chi connectivity index (χ4n) is 1.70. The summed E-state index contributed by atoms with van der Waals surface area (Å²) in [6, 6.07) is 6.48. The standard InChI is InChI=1S/C13H10Cl2F3N3/c1-19-11-8(14)6-9(15)12(21-11)20-10-5-3-2-4-7(10)13(16,17)18/h2-6H,1H3,(H2,19,20,21). The average Bonchev–Trinajstić information content (AvgIpc) is 2.41. The summed E-state index contributed by atoms with van der Waals surface area (Å²) in [5, 5.41) is 5.71. The second-order valence-corrected chi connectivity index (χ2v) is 4.88. The third-order valence-electron chi connectivity index (χ3n) is 2.65. The average molecular weight is 336 g/mol. The van der Waals surface area contributed by atoms with Crippen molar-refractivity contribution in [3.05, 3.63) is 45.9 Å². The topological polar surface area (TPSA) is 37.0 Å². The zero-order valence-electron chi connectivity index (χ0n) is 10.7. The van der Waals surface area contributed by atoms with Crippen LogP contribution >= 0.6 is 23.2 Å². The van der Waals surface area contributed by atoms with E-state index in [4.69, 9.17) is 23.2 Å². The lowest BCUT2D eigenvalue weighted by atomic mass is 10.1. The van der Waals surface area contributed by atoms with Crippen LogP contribution in [0.1, 0.15) is 5.56 Å². The van der Waals surface area contributed by atoms with Gasteiger partial charge in [0.25, 0.3) is 0 Å². The van der Waals surface area contributed by atoms with Crippen LogP contribution in [0.3, 0.4) is 0 Å². The molecular formula is C13H10Cl2F3N3. The lowest BCUT2D eigenvalue weighted by Gasteiger charge is -2.15. The molecule has 2 aromatic rings. The normalized spacial score (nSPS) is 11.3. The minimum Gasteiger partial charge on any atom is -0.372 e. The first-order valence-corrected chi connectivity index (χ1v) is 6.55. The number of aromatic nitrogens is 1. The molecule has 0 saturated carbocycles. The molecule has 0 aliphatic carbocycles. The van der Waals surface area contributed by atoms with E-state index in [0.717, 1.165) is 6.07 Å². The van der Waals surface area contributed by atoms with E-state index in [1.54, 1.807) is 7.05 Å². The summed E-state index contributed by atoms with van der Waals surface area (Å²) >= 11 is 11.8. The Morgan fingerprint density at radius 2 is 1.67 bits per heavy atom. The number of para-hydroxylation sites is 1. The SMILES string of the molecule is CNc1nc(Nc2ccccc2C(F)(F)F)c(Cl)cc1Cl. The highest BCUT2D eigenvalue weighted by molar-refractivity contribution is 6.37. The van der Waals surface area contributed by atoms with Gasteiger partial charge in [0, 0.05) is 7.05 Å². The molecule has 1 heterocycles. The molecule has 0 atom stereocenters. The molecule has 0 radical (unpaired) electrons. The van der Waals surface area contributed by atoms with Gasteiger partial charge in [-0.15, -0.1) is 0 Å². The highest BCUT2D eigenvalue weighted by atomic mass is 35.5. The molecule has 0 saturated heterocycles. The molecule has 0 bridgehead atoms. The molecule has 0 aliphatic rings. The molecule has 0 amide bonds. The zero-order valence-corrected chi connectivity index (χ0v) is 12.2. The van der Waals surface area contributed by atoms with Gasteiger partial charge >= 0.3 is 6.18 Å². The van der Waals surface area contributed by atoms with E-state index in [1.165, 1.54) is 24.3 Å². The fraction of sp³-hybridized carbons (Fsp3) is 0.154. The van der Waals surface area contributed by atoms with Crippen molar-refractivity contribution in [2.75, 3.05) is 17.7 Å². The van der Waals surface area contributed by atoms with Crippen LogP contribution < -0.4 is 10.6 Å². The Bertz CT molecular complexity index is 660. The Balaban J connectivity index is 2.44. The van der Waals surface area contributed by atoms with Crippen molar-refractivity contribution in [3.8, 4) is 0 Å². The van der Waals surface area contributed by atoms with Crippen molar-refractivity contribution < 1.29 is 13.2 Å². The number of hydrogen-bond donors (Lipinski definition) is 2. The molecule has 0 unspecified atom stereocenters. The summed E-state index contributed by atoms with van der Waals surface area (Å²) in [4.78, 5) is 4.06. The molecule has 0 spiro atoms. The van der Waals surface area contributed by atoms with Gasteiger partial charge < -0.3 is 10.6 Å². The van der Waals surface area contributed by atoms with Crippen molar-refractivity contribution >= 4 is 40.5 Å². The van der Waals surface area contributed by atoms with Crippen LogP contribution in [0.4, 0.5) is 30.5 Å². The van der Waals surface area contributed by atoms with E-state index in [2.05, 4.69) is 15.6 Å². The molecule has 2 N–H and O–H groups in total. The second-order valence-electron chi connectivity index (χ2n) is 4.07. The summed E-state index contributed by atoms with van der Waals surface area (Å²) in [6.07, 6.45) is -4.48. The zero-order chi connectivity index (χ0) is 15.6. The molecule has 8 heteroatoms. The van der Waals surface area contributed by atoms with E-state index in [1.807, 2.05) is 0 Å². The number of anilines is 3. The molecule has 3 nitrogen and oxygen atoms in total. The van der Waals surface area contributed by atoms with E-state index in [0.29, 0.717) is 5.82 Å². The number of nitrogens with zero attached hydrogens (tertiary/aromatic N) is 1. The predicted molar refractivity (Wildman–Crippen MR) is 78.5 cm³/mol. The molecule has 21 heavy (non-hydrogen) atoms. The Morgan fingerprint density at radius 1 is 1.05 bits per heavy atom. The number of pyridine rings is 1. The predicted octanol–water partition coefficient (Wildman–Crippen LogP) is 5.19. The maximum atomic E-state index is 12.9. The number of rotatable bonds is 3. The number of hydrogen-bond acceptors (Lipinski definition) is 3. The minimum atomic E-state index is -4.48. The summed E-state index contributed by atoms with van der Waals surface area (Å²) in [5.74, 6) is 0.398. The van der Waals surface area contributed by atoms with Gasteiger partial charge in [-0.25, -0.2) is 4.98 Å². The lowest BCUT2D eigenvalue weighted by Crippen LogP contribution is -2.09. The molecule has 112 valence electrons. The summed E-state index contributed by atoms with van der Waals surface area (Å²) in [7, 11) is 1.59. The summed E-state index contributed by atoms with van der Waals surface area (Å²) < 4.78 is 38.8. The molecular weight excluding hydrogens is 326 g/mol. The first kappa shape index (κ1) is 15.7. The van der Waals surface area contributed by atoms with Gasteiger partial charge in [-0.2, -0.15) is 13.2 Å². The van der Waals surface area contributed by atoms with E-state index in [9.17, 15) is 13.2 Å². The van der Waals surface area contributed by atoms with Crippen LogP contribution in [0, 0.1) is 0 Å². The van der Waals surface area contributed by atoms with E-state index in [-0.39, 0.29) is 21.6 Å². The van der Waals surface area contributed by atoms with Crippen molar-refractivity contribution in [1.82, 2.24) is 4.98 Å². The van der Waals surface area contributed by atoms with Gasteiger partial charge in [0.2, 0.25) is 0 Å². The minimum absolute atomic E-state index is 0.0853. The maximum Gasteiger partial charge on any atom is 0.418 e. The van der Waals surface area contributed by atoms with Crippen LogP contribution in [-0.4, -0.2) is 12.0 Å². The molecule has 1 aromatic heterocycles. The Labute approximate surface area is 129 Å². The third-order valence-corrected chi connectivity index (χ3v) is 3.23. The first-order chi connectivity index (χ1) is 9.82. The van der Waals surface area contributed by atoms with Gasteiger partial charge in [-0.1, -0.05) is 35.3 Å². The molecule has 0 fully saturated rings. The quantitative estimate of drug-likeness (QED) is 0.810. The van der Waals surface area contributed by atoms with Gasteiger partial charge in [0.15, 0.2) is 5.82 Å². The van der Waals surface area contributed by atoms with Gasteiger partial charge in [-0.05, 0) is 18.2 Å². The Kier molecular flexibility index (Phi) is 4.49. The largest absolute Gasteiger partial charge is 0.418 e. The van der Waals surface area contributed by atoms with Gasteiger partial charge in [-0.3, -0.25) is 0 Å². The van der Waals surface area contributed by atoms with Crippen molar-refractivity contribution in [2.45, 2.75) is 6.18 Å². The fourth-order valence-corrected chi connectivity index (χ4v) is 2.20. The highest BCUT2D eigenvalue weighted by Crippen LogP contribution is 2.37. The Hall–Kier alpha value is -1.66. The monoisotopic (exact) mass is 335 g/mol. The van der Waals surface area contributed by atoms with Crippen LogP contribution in [0.15, 0.2) is 30.3 Å². The smallest absolute Gasteiger partial charge is 0.372 e. The van der Waals surface area contributed by atoms with Crippen LogP contribution in [0.5, 0.6) is 0 Å². The number of nitrogens with one attached hydrogen (secondary N) is 2. The second kappa shape index (κ2) is 5.99. The van der Waals surface area contributed by atoms with Crippen LogP contribution in [-0.2, 0) is 6.18 Å². The third kappa shape index (κ3) is 3.51. The number of benzene rings is 1. The van der Waals surface area contributed by atoms with Crippen molar-refractivity contribution in [1.29, 1.82) is 0 Å². The molecule has 1 aromatic carbocycles. The van der Waals surface area contributed by atoms with Crippen LogP contribution in [0.25, 0.3) is 0 Å². The summed E-state index contributed by atoms with van der Waals surface area (Å²) in [5.41, 5.74) is -0.937. The van der Waals surface area contributed by atoms with Gasteiger partial charge in [0.1, 0.15) is 5.82 Å². The van der Waals surface area contributed by atoms with Crippen molar-refractivity contribution in [3.63, 3.8) is 0 Å². The van der Waals surface area contributed by atoms with Gasteiger partial charge in [0.05, 0.1) is 21.3 Å². The Morgan fingerprint density at radius 3 is 2.29 bits per heavy atom. The number of halogens is 5. The van der Waals surface area contributed by atoms with Crippen LogP contribution in [0.2, 0.25) is 10.0 Å². The molecule has 2 rings (SSSR count). The highest BCUT2D eigenvalue weighted by Gasteiger charge is 2.33. The van der Waals surface area contributed by atoms with Crippen molar-refractivity contribution in [2.24, 2.45) is 0 Å². The maximum absolute atomic E-state index is 12.9. The van der Waals surface area contributed by atoms with E-state index >= 15 is 0 Å². The number of alkyl halides is 3.